The van der Waals surface area contributed by atoms with Crippen LogP contribution in [0.15, 0.2) is 5.29 Å². The Balaban J connectivity index is 2.56. The molecule has 0 rings (SSSR count). The highest BCUT2D eigenvalue weighted by atomic mass is 35.5. The number of rotatable bonds is 4. The van der Waals surface area contributed by atoms with Gasteiger partial charge in [-0.1, -0.05) is 0 Å². The Morgan fingerprint density at radius 3 is 2.86 bits per heavy atom. The second-order valence-electron chi connectivity index (χ2n) is 1.04. The fourth-order valence-corrected chi connectivity index (χ4v) is 0.325. The summed E-state index contributed by atoms with van der Waals surface area (Å²) in [6.07, 6.45) is 0.785. The molecule has 1 N–H and O–H groups in total. The van der Waals surface area contributed by atoms with Crippen LogP contribution in [0, 0.1) is 4.91 Å². The van der Waals surface area contributed by atoms with Crippen LogP contribution in [0.5, 0.6) is 0 Å². The minimum Gasteiger partial charge on any atom is -0.274 e. The second kappa shape index (κ2) is 5.69. The number of halogens is 1. The molecule has 0 spiro atoms. The Bertz CT molecular complexity index is 50.2. The van der Waals surface area contributed by atoms with Crippen LogP contribution in [0.4, 0.5) is 0 Å². The van der Waals surface area contributed by atoms with Gasteiger partial charge >= 0.3 is 0 Å². The molecule has 0 aromatic heterocycles. The number of hydrogen-bond acceptors (Lipinski definition) is 2. The van der Waals surface area contributed by atoms with Crippen molar-refractivity contribution >= 4 is 11.6 Å². The molecule has 0 aromatic rings. The lowest BCUT2D eigenvalue weighted by Crippen LogP contribution is -2.05. The van der Waals surface area contributed by atoms with E-state index in [4.69, 9.17) is 11.6 Å². The Morgan fingerprint density at radius 2 is 2.43 bits per heavy atom. The van der Waals surface area contributed by atoms with Crippen LogP contribution >= 0.6 is 11.6 Å². The van der Waals surface area contributed by atoms with Gasteiger partial charge in [-0.3, -0.25) is 5.43 Å². The predicted molar refractivity (Wildman–Crippen MR) is 29.1 cm³/mol. The molecule has 0 amide bonds. The Morgan fingerprint density at radius 1 is 1.71 bits per heavy atom. The van der Waals surface area contributed by atoms with Crippen LogP contribution in [-0.2, 0) is 0 Å². The minimum atomic E-state index is 0.572. The molecule has 0 fully saturated rings. The Labute approximate surface area is 47.0 Å². The van der Waals surface area contributed by atoms with Gasteiger partial charge in [-0.2, -0.15) is 0 Å². The molecule has 0 aliphatic heterocycles. The monoisotopic (exact) mass is 122 g/mol. The topological polar surface area (TPSA) is 41.5 Å². The third-order valence-corrected chi connectivity index (χ3v) is 0.754. The van der Waals surface area contributed by atoms with E-state index in [1.54, 1.807) is 0 Å². The van der Waals surface area contributed by atoms with Crippen molar-refractivity contribution in [2.24, 2.45) is 5.29 Å². The van der Waals surface area contributed by atoms with Crippen molar-refractivity contribution in [2.75, 3.05) is 12.4 Å². The maximum atomic E-state index is 9.28. The van der Waals surface area contributed by atoms with Crippen molar-refractivity contribution in [2.45, 2.75) is 6.42 Å². The smallest absolute Gasteiger partial charge is 0.0496 e. The van der Waals surface area contributed by atoms with Gasteiger partial charge in [0.05, 0.1) is 0 Å². The summed E-state index contributed by atoms with van der Waals surface area (Å²) < 4.78 is 0. The van der Waals surface area contributed by atoms with Crippen molar-refractivity contribution in [3.05, 3.63) is 4.91 Å². The fourth-order valence-electron chi connectivity index (χ4n) is 0.192. The van der Waals surface area contributed by atoms with Crippen LogP contribution in [0.3, 0.4) is 0 Å². The van der Waals surface area contributed by atoms with Crippen LogP contribution in [0.1, 0.15) is 6.42 Å². The van der Waals surface area contributed by atoms with E-state index >= 15 is 0 Å². The molecule has 0 heterocycles. The summed E-state index contributed by atoms with van der Waals surface area (Å²) in [6.45, 7) is 0.576. The van der Waals surface area contributed by atoms with E-state index in [2.05, 4.69) is 10.7 Å². The summed E-state index contributed by atoms with van der Waals surface area (Å²) in [5.74, 6) is 0.572. The zero-order chi connectivity index (χ0) is 5.54. The van der Waals surface area contributed by atoms with Crippen molar-refractivity contribution < 1.29 is 0 Å². The van der Waals surface area contributed by atoms with Gasteiger partial charge in [-0.15, -0.1) is 16.5 Å². The van der Waals surface area contributed by atoms with Crippen LogP contribution < -0.4 is 5.43 Å². The number of nitrogens with zero attached hydrogens (tertiary/aromatic N) is 1. The largest absolute Gasteiger partial charge is 0.274 e. The molecule has 0 radical (unpaired) electrons. The lowest BCUT2D eigenvalue weighted by atomic mass is 10.5. The van der Waals surface area contributed by atoms with Crippen molar-refractivity contribution in [3.63, 3.8) is 0 Å². The van der Waals surface area contributed by atoms with Crippen LogP contribution in [0.2, 0.25) is 0 Å². The highest BCUT2D eigenvalue weighted by molar-refractivity contribution is 6.17. The lowest BCUT2D eigenvalue weighted by Gasteiger charge is -1.88. The summed E-state index contributed by atoms with van der Waals surface area (Å²) in [5.41, 5.74) is 2.23. The van der Waals surface area contributed by atoms with Gasteiger partial charge in [0.1, 0.15) is 0 Å². The summed E-state index contributed by atoms with van der Waals surface area (Å²) in [7, 11) is 0. The zero-order valence-electron chi connectivity index (χ0n) is 3.85. The average molecular weight is 123 g/mol. The van der Waals surface area contributed by atoms with Crippen molar-refractivity contribution in [1.29, 1.82) is 0 Å². The van der Waals surface area contributed by atoms with Gasteiger partial charge in [-0.25, -0.2) is 0 Å². The highest BCUT2D eigenvalue weighted by Crippen LogP contribution is 1.79. The fraction of sp³-hybridized carbons (Fsp3) is 1.00. The molecule has 3 nitrogen and oxygen atoms in total. The van der Waals surface area contributed by atoms with E-state index in [0.29, 0.717) is 12.4 Å². The average Bonchev–Trinajstić information content (AvgIpc) is 1.69. The standard InChI is InChI=1S/C3H7ClN2O/c4-2-1-3-5-6-7/h1-3H2,(H,5,7). The molecular weight excluding hydrogens is 115 g/mol. The molecule has 0 bridgehead atoms. The normalized spacial score (nSPS) is 8.14. The predicted octanol–water partition coefficient (Wildman–Crippen LogP) is 0.886. The molecule has 0 saturated carbocycles. The third-order valence-electron chi connectivity index (χ3n) is 0.487. The molecule has 0 aromatic carbocycles. The molecule has 42 valence electrons. The van der Waals surface area contributed by atoms with Gasteiger partial charge in [0.15, 0.2) is 0 Å². The van der Waals surface area contributed by atoms with E-state index in [9.17, 15) is 4.91 Å². The van der Waals surface area contributed by atoms with Crippen molar-refractivity contribution in [1.82, 2.24) is 5.43 Å². The summed E-state index contributed by atoms with van der Waals surface area (Å²) >= 11 is 5.25. The van der Waals surface area contributed by atoms with Gasteiger partial charge in [-0.05, 0) is 6.42 Å². The molecule has 0 aliphatic rings. The first-order valence-electron chi connectivity index (χ1n) is 2.03. The minimum absolute atomic E-state index is 0.572. The molecular formula is C3H7ClN2O. The first kappa shape index (κ1) is 6.69. The third kappa shape index (κ3) is 5.69. The lowest BCUT2D eigenvalue weighted by molar-refractivity contribution is 0.713. The Hall–Kier alpha value is -0.310. The molecule has 0 unspecified atom stereocenters. The SMILES string of the molecule is O=NNCCCCl. The quantitative estimate of drug-likeness (QED) is 0.260. The molecule has 0 atom stereocenters. The molecule has 0 saturated heterocycles. The van der Waals surface area contributed by atoms with Gasteiger partial charge in [0.25, 0.3) is 0 Å². The number of alkyl halides is 1. The summed E-state index contributed by atoms with van der Waals surface area (Å²) in [4.78, 5) is 9.28. The number of hydrogen-bond donors (Lipinski definition) is 1. The van der Waals surface area contributed by atoms with Crippen LogP contribution in [-0.4, -0.2) is 12.4 Å². The van der Waals surface area contributed by atoms with Gasteiger partial charge in [0, 0.05) is 17.7 Å². The second-order valence-corrected chi connectivity index (χ2v) is 1.42. The van der Waals surface area contributed by atoms with E-state index in [1.165, 1.54) is 0 Å². The Kier molecular flexibility index (Phi) is 5.44. The van der Waals surface area contributed by atoms with E-state index in [-0.39, 0.29) is 0 Å². The van der Waals surface area contributed by atoms with Gasteiger partial charge < -0.3 is 0 Å². The molecule has 4 heteroatoms. The van der Waals surface area contributed by atoms with E-state index in [1.807, 2.05) is 0 Å². The van der Waals surface area contributed by atoms with E-state index in [0.717, 1.165) is 6.42 Å². The first-order valence-corrected chi connectivity index (χ1v) is 2.56. The van der Waals surface area contributed by atoms with Gasteiger partial charge in [0.2, 0.25) is 0 Å². The van der Waals surface area contributed by atoms with E-state index < -0.39 is 0 Å². The molecule has 0 aliphatic carbocycles. The maximum Gasteiger partial charge on any atom is 0.0496 e. The maximum absolute atomic E-state index is 9.28. The van der Waals surface area contributed by atoms with Crippen molar-refractivity contribution in [3.8, 4) is 0 Å². The summed E-state index contributed by atoms with van der Waals surface area (Å²) in [6, 6.07) is 0. The highest BCUT2D eigenvalue weighted by Gasteiger charge is 1.78. The number of nitroso groups, excluding NO2 is 1. The molecule has 7 heavy (non-hydrogen) atoms. The first-order chi connectivity index (χ1) is 3.41. The van der Waals surface area contributed by atoms with Crippen LogP contribution in [0.25, 0.3) is 0 Å². The number of nitrogens with one attached hydrogen (secondary N) is 1. The summed E-state index contributed by atoms with van der Waals surface area (Å²) in [5, 5.41) is 2.41. The zero-order valence-corrected chi connectivity index (χ0v) is 4.61.